The van der Waals surface area contributed by atoms with E-state index in [1.54, 1.807) is 25.1 Å². The maximum atomic E-state index is 12.5. The van der Waals surface area contributed by atoms with Crippen molar-refractivity contribution in [1.82, 2.24) is 5.32 Å². The van der Waals surface area contributed by atoms with Gasteiger partial charge >= 0.3 is 5.97 Å². The molecule has 6 heteroatoms. The summed E-state index contributed by atoms with van der Waals surface area (Å²) in [5.74, 6) is 0.299. The Morgan fingerprint density at radius 2 is 2.29 bits per heavy atom. The summed E-state index contributed by atoms with van der Waals surface area (Å²) in [5, 5.41) is 3.43. The van der Waals surface area contributed by atoms with Gasteiger partial charge in [-0.2, -0.15) is 0 Å². The van der Waals surface area contributed by atoms with Gasteiger partial charge in [-0.1, -0.05) is 12.1 Å². The fourth-order valence-electron chi connectivity index (χ4n) is 2.30. The Hall–Kier alpha value is -1.79. The Balaban J connectivity index is 1.87. The van der Waals surface area contributed by atoms with E-state index in [2.05, 4.69) is 5.32 Å². The molecule has 3 rings (SSSR count). The summed E-state index contributed by atoms with van der Waals surface area (Å²) in [4.78, 5) is 24.2. The van der Waals surface area contributed by atoms with Crippen LogP contribution in [0.4, 0.5) is 0 Å². The van der Waals surface area contributed by atoms with E-state index in [9.17, 15) is 9.59 Å². The summed E-state index contributed by atoms with van der Waals surface area (Å²) >= 11 is 1.51. The number of esters is 1. The lowest BCUT2D eigenvalue weighted by atomic mass is 10.1. The molecule has 1 saturated heterocycles. The fourth-order valence-corrected chi connectivity index (χ4v) is 3.52. The number of hydrogen-bond donors (Lipinski definition) is 1. The predicted octanol–water partition coefficient (Wildman–Crippen LogP) is 2.06. The highest BCUT2D eigenvalue weighted by Crippen LogP contribution is 2.32. The van der Waals surface area contributed by atoms with E-state index in [1.807, 2.05) is 6.07 Å². The highest BCUT2D eigenvalue weighted by Gasteiger charge is 2.33. The number of ether oxygens (including phenoxy) is 1. The predicted molar refractivity (Wildman–Crippen MR) is 81.2 cm³/mol. The third-order valence-electron chi connectivity index (χ3n) is 3.34. The van der Waals surface area contributed by atoms with Crippen LogP contribution in [-0.4, -0.2) is 24.4 Å². The minimum absolute atomic E-state index is 0.0636. The van der Waals surface area contributed by atoms with Gasteiger partial charge in [-0.3, -0.25) is 14.9 Å². The van der Waals surface area contributed by atoms with Crippen LogP contribution in [0.25, 0.3) is 11.0 Å². The first kappa shape index (κ1) is 14.2. The van der Waals surface area contributed by atoms with E-state index in [0.717, 1.165) is 0 Å². The number of carbonyl (C=O) groups excluding carboxylic acids is 1. The van der Waals surface area contributed by atoms with E-state index in [1.165, 1.54) is 18.0 Å². The van der Waals surface area contributed by atoms with Crippen molar-refractivity contribution in [2.24, 2.45) is 0 Å². The van der Waals surface area contributed by atoms with Crippen molar-refractivity contribution in [3.63, 3.8) is 0 Å². The standard InChI is InChI=1S/C15H15NO4S/c1-2-19-15(18)11-8-21-14(16-11)10-7-20-12-6-4-3-5-9(12)13(10)17/h3-7,11,14,16H,2,8H2,1H3/t11-,14+/m0/s1. The van der Waals surface area contributed by atoms with Gasteiger partial charge in [0.2, 0.25) is 0 Å². The van der Waals surface area contributed by atoms with Crippen LogP contribution in [0.5, 0.6) is 0 Å². The average molecular weight is 305 g/mol. The Morgan fingerprint density at radius 3 is 3.10 bits per heavy atom. The highest BCUT2D eigenvalue weighted by atomic mass is 32.2. The molecule has 0 bridgehead atoms. The first-order chi connectivity index (χ1) is 10.2. The molecule has 2 atom stereocenters. The van der Waals surface area contributed by atoms with Crippen LogP contribution in [-0.2, 0) is 9.53 Å². The van der Waals surface area contributed by atoms with Crippen LogP contribution in [0.1, 0.15) is 17.9 Å². The second kappa shape index (κ2) is 5.91. The van der Waals surface area contributed by atoms with E-state index >= 15 is 0 Å². The Bertz CT molecular complexity index is 727. The Morgan fingerprint density at radius 1 is 1.48 bits per heavy atom. The molecule has 0 spiro atoms. The van der Waals surface area contributed by atoms with Crippen LogP contribution >= 0.6 is 11.8 Å². The number of benzene rings is 1. The summed E-state index contributed by atoms with van der Waals surface area (Å²) in [6, 6.07) is 6.75. The van der Waals surface area contributed by atoms with Crippen molar-refractivity contribution in [3.8, 4) is 0 Å². The molecular weight excluding hydrogens is 290 g/mol. The molecular formula is C15H15NO4S. The molecule has 5 nitrogen and oxygen atoms in total. The van der Waals surface area contributed by atoms with Gasteiger partial charge in [0, 0.05) is 5.75 Å². The molecule has 0 amide bonds. The van der Waals surface area contributed by atoms with Crippen LogP contribution in [0.15, 0.2) is 39.7 Å². The number of rotatable bonds is 3. The maximum Gasteiger partial charge on any atom is 0.324 e. The zero-order valence-corrected chi connectivity index (χ0v) is 12.3. The van der Waals surface area contributed by atoms with Gasteiger partial charge in [-0.25, -0.2) is 0 Å². The zero-order valence-electron chi connectivity index (χ0n) is 11.5. The van der Waals surface area contributed by atoms with Crippen LogP contribution in [0.3, 0.4) is 0 Å². The van der Waals surface area contributed by atoms with E-state index in [0.29, 0.717) is 28.9 Å². The molecule has 1 aromatic carbocycles. The molecule has 110 valence electrons. The molecule has 0 radical (unpaired) electrons. The molecule has 2 aromatic rings. The van der Waals surface area contributed by atoms with Crippen molar-refractivity contribution < 1.29 is 13.9 Å². The monoisotopic (exact) mass is 305 g/mol. The summed E-state index contributed by atoms with van der Waals surface area (Å²) < 4.78 is 10.5. The lowest BCUT2D eigenvalue weighted by Gasteiger charge is -2.12. The number of carbonyl (C=O) groups is 1. The van der Waals surface area contributed by atoms with Gasteiger partial charge < -0.3 is 9.15 Å². The lowest BCUT2D eigenvalue weighted by molar-refractivity contribution is -0.144. The Kier molecular flexibility index (Phi) is 3.98. The fraction of sp³-hybridized carbons (Fsp3) is 0.333. The topological polar surface area (TPSA) is 68.5 Å². The molecule has 2 heterocycles. The van der Waals surface area contributed by atoms with Crippen molar-refractivity contribution in [1.29, 1.82) is 0 Å². The van der Waals surface area contributed by atoms with Crippen molar-refractivity contribution in [2.45, 2.75) is 18.3 Å². The number of para-hydroxylation sites is 1. The van der Waals surface area contributed by atoms with Gasteiger partial charge in [0.25, 0.3) is 0 Å². The number of nitrogens with one attached hydrogen (secondary N) is 1. The minimum atomic E-state index is -0.383. The second-order valence-corrected chi connectivity index (χ2v) is 5.84. The van der Waals surface area contributed by atoms with Gasteiger partial charge in [0.1, 0.15) is 17.9 Å². The van der Waals surface area contributed by atoms with Crippen molar-refractivity contribution in [3.05, 3.63) is 46.3 Å². The van der Waals surface area contributed by atoms with Gasteiger partial charge in [0.05, 0.1) is 22.9 Å². The first-order valence-electron chi connectivity index (χ1n) is 6.75. The average Bonchev–Trinajstić information content (AvgIpc) is 2.98. The lowest BCUT2D eigenvalue weighted by Crippen LogP contribution is -2.36. The van der Waals surface area contributed by atoms with Gasteiger partial charge in [0.15, 0.2) is 5.43 Å². The van der Waals surface area contributed by atoms with Gasteiger partial charge in [-0.15, -0.1) is 11.8 Å². The molecule has 1 aromatic heterocycles. The van der Waals surface area contributed by atoms with Crippen LogP contribution in [0, 0.1) is 0 Å². The SMILES string of the molecule is CCOC(=O)[C@@H]1CS[C@H](c2coc3ccccc3c2=O)N1. The highest BCUT2D eigenvalue weighted by molar-refractivity contribution is 7.99. The maximum absolute atomic E-state index is 12.5. The van der Waals surface area contributed by atoms with Crippen molar-refractivity contribution >= 4 is 28.7 Å². The summed E-state index contributed by atoms with van der Waals surface area (Å²) in [5.41, 5.74) is 1.04. The molecule has 0 unspecified atom stereocenters. The molecule has 0 saturated carbocycles. The molecule has 1 aliphatic rings. The summed E-state index contributed by atoms with van der Waals surface area (Å²) in [6.45, 7) is 2.12. The van der Waals surface area contributed by atoms with E-state index in [4.69, 9.17) is 9.15 Å². The van der Waals surface area contributed by atoms with E-state index < -0.39 is 0 Å². The van der Waals surface area contributed by atoms with Crippen LogP contribution < -0.4 is 10.7 Å². The molecule has 1 fully saturated rings. The third kappa shape index (κ3) is 2.69. The zero-order chi connectivity index (χ0) is 14.8. The number of hydrogen-bond acceptors (Lipinski definition) is 6. The molecule has 21 heavy (non-hydrogen) atoms. The second-order valence-electron chi connectivity index (χ2n) is 4.70. The van der Waals surface area contributed by atoms with E-state index in [-0.39, 0.29) is 22.8 Å². The largest absolute Gasteiger partial charge is 0.465 e. The Labute approximate surface area is 125 Å². The number of thioether (sulfide) groups is 1. The van der Waals surface area contributed by atoms with Crippen LogP contribution in [0.2, 0.25) is 0 Å². The van der Waals surface area contributed by atoms with Crippen molar-refractivity contribution in [2.75, 3.05) is 12.4 Å². The normalized spacial score (nSPS) is 21.6. The molecule has 1 N–H and O–H groups in total. The summed E-state index contributed by atoms with van der Waals surface area (Å²) in [6.07, 6.45) is 1.48. The first-order valence-corrected chi connectivity index (χ1v) is 7.80. The van der Waals surface area contributed by atoms with Gasteiger partial charge in [-0.05, 0) is 19.1 Å². The third-order valence-corrected chi connectivity index (χ3v) is 4.59. The molecule has 0 aliphatic carbocycles. The summed E-state index contributed by atoms with van der Waals surface area (Å²) in [7, 11) is 0. The smallest absolute Gasteiger partial charge is 0.324 e. The number of fused-ring (bicyclic) bond motifs is 1. The molecule has 1 aliphatic heterocycles. The quantitative estimate of drug-likeness (QED) is 0.876. The minimum Gasteiger partial charge on any atom is -0.465 e.